The van der Waals surface area contributed by atoms with E-state index in [-0.39, 0.29) is 24.8 Å². The minimum Gasteiger partial charge on any atom is -0.179 e. The molecule has 0 saturated heterocycles. The standard InChI is InChI=1S/C13H9.C13H13.C6H10.2ClH.Zr/c1-3-7-12-10(5-1)9-11-6-2-4-8-13(11)12;1-10-8-11(2)13(9-10)12-6-4-3-5-7-12;1-2-4-6-5-3-1;;;/h1-5,7-8H,9H2;3-9H,1-2H3;1-5H2;2*1H;/q2*-1;;;;+2/p-2. The van der Waals surface area contributed by atoms with E-state index in [1.54, 1.807) is 27.4 Å². The minimum absolute atomic E-state index is 0. The molecule has 35 heavy (non-hydrogen) atoms. The van der Waals surface area contributed by atoms with Crippen LogP contribution in [0, 0.1) is 19.9 Å². The van der Waals surface area contributed by atoms with Gasteiger partial charge in [-0.05, 0) is 6.42 Å². The minimum atomic E-state index is 0. The van der Waals surface area contributed by atoms with Crippen LogP contribution in [0.2, 0.25) is 0 Å². The second-order valence-electron chi connectivity index (χ2n) is 9.06. The van der Waals surface area contributed by atoms with Crippen LogP contribution in [0.15, 0.2) is 84.9 Å². The third-order valence-corrected chi connectivity index (χ3v) is 7.63. The van der Waals surface area contributed by atoms with Crippen LogP contribution < -0.4 is 24.8 Å². The van der Waals surface area contributed by atoms with Crippen molar-refractivity contribution in [1.82, 2.24) is 0 Å². The van der Waals surface area contributed by atoms with Crippen LogP contribution in [0.25, 0.3) is 22.3 Å². The largest absolute Gasteiger partial charge is 0.179 e. The van der Waals surface area contributed by atoms with E-state index in [2.05, 4.69) is 98.8 Å². The second-order valence-corrected chi connectivity index (χ2v) is 10.8. The quantitative estimate of drug-likeness (QED) is 0.268. The van der Waals surface area contributed by atoms with Crippen molar-refractivity contribution in [2.45, 2.75) is 52.4 Å². The third kappa shape index (κ3) is 8.18. The molecule has 0 aliphatic heterocycles. The van der Waals surface area contributed by atoms with Gasteiger partial charge in [-0.15, -0.1) is 5.56 Å². The summed E-state index contributed by atoms with van der Waals surface area (Å²) in [7, 11) is 0. The smallest absolute Gasteiger partial charge is 0.0253 e. The number of hydrogen-bond donors (Lipinski definition) is 0. The zero-order valence-electron chi connectivity index (χ0n) is 20.6. The first-order chi connectivity index (χ1) is 16.1. The monoisotopic (exact) mass is 576 g/mol. The molecule has 6 rings (SSSR count). The Morgan fingerprint density at radius 1 is 0.743 bits per heavy atom. The number of hydrogen-bond acceptors (Lipinski definition) is 0. The summed E-state index contributed by atoms with van der Waals surface area (Å²) in [5.74, 6) is 0. The predicted octanol–water partition coefficient (Wildman–Crippen LogP) is 2.43. The van der Waals surface area contributed by atoms with Gasteiger partial charge in [0.05, 0.1) is 0 Å². The molecular weight excluding hydrogens is 546 g/mol. The van der Waals surface area contributed by atoms with Crippen molar-refractivity contribution < 1.29 is 49.0 Å². The number of halogens is 2. The van der Waals surface area contributed by atoms with Gasteiger partial charge in [0.1, 0.15) is 0 Å². The van der Waals surface area contributed by atoms with Crippen molar-refractivity contribution in [3.63, 3.8) is 0 Å². The van der Waals surface area contributed by atoms with Crippen molar-refractivity contribution in [2.24, 2.45) is 0 Å². The van der Waals surface area contributed by atoms with Crippen LogP contribution in [0.4, 0.5) is 0 Å². The molecule has 1 fully saturated rings. The van der Waals surface area contributed by atoms with Gasteiger partial charge < -0.3 is 24.8 Å². The molecule has 0 spiro atoms. The van der Waals surface area contributed by atoms with Gasteiger partial charge in [0, 0.05) is 0 Å². The summed E-state index contributed by atoms with van der Waals surface area (Å²) < 4.78 is 1.80. The topological polar surface area (TPSA) is 0 Å². The van der Waals surface area contributed by atoms with E-state index in [1.807, 2.05) is 6.07 Å². The van der Waals surface area contributed by atoms with Crippen LogP contribution >= 0.6 is 0 Å². The molecule has 1 saturated carbocycles. The average molecular weight is 579 g/mol. The summed E-state index contributed by atoms with van der Waals surface area (Å²) in [4.78, 5) is 0. The molecule has 180 valence electrons. The van der Waals surface area contributed by atoms with Gasteiger partial charge in [-0.25, -0.2) is 6.07 Å². The maximum atomic E-state index is 3.30. The first kappa shape index (κ1) is 29.6. The molecule has 0 amide bonds. The van der Waals surface area contributed by atoms with Crippen molar-refractivity contribution in [1.29, 1.82) is 0 Å². The van der Waals surface area contributed by atoms with Gasteiger partial charge >= 0.3 is 59.5 Å². The zero-order valence-corrected chi connectivity index (χ0v) is 24.6. The Kier molecular flexibility index (Phi) is 12.5. The van der Waals surface area contributed by atoms with E-state index in [0.29, 0.717) is 0 Å². The van der Waals surface area contributed by atoms with Crippen LogP contribution in [0.3, 0.4) is 0 Å². The van der Waals surface area contributed by atoms with Gasteiger partial charge in [-0.2, -0.15) is 52.6 Å². The molecule has 2 aliphatic carbocycles. The van der Waals surface area contributed by atoms with Gasteiger partial charge in [-0.3, -0.25) is 0 Å². The van der Waals surface area contributed by atoms with Gasteiger partial charge in [0.15, 0.2) is 0 Å². The Bertz CT molecular complexity index is 1160. The SMILES string of the molecule is Cc1cc(-c2ccccc2)c(C)[cH-]1.[Cl-].[Cl-].[Zr+2]=[C]1CCCCC1.[c-]1cccc2c1Cc1ccccc1-2. The molecule has 0 nitrogen and oxygen atoms in total. The van der Waals surface area contributed by atoms with Gasteiger partial charge in [0.2, 0.25) is 0 Å². The molecule has 0 radical (unpaired) electrons. The fraction of sp³-hybridized carbons (Fsp3) is 0.250. The molecule has 2 aliphatic rings. The number of rotatable bonds is 1. The summed E-state index contributed by atoms with van der Waals surface area (Å²) in [6, 6.07) is 33.1. The molecule has 4 aromatic rings. The van der Waals surface area contributed by atoms with E-state index >= 15 is 0 Å². The van der Waals surface area contributed by atoms with Gasteiger partial charge in [0.25, 0.3) is 0 Å². The molecule has 0 bridgehead atoms. The van der Waals surface area contributed by atoms with Crippen LogP contribution in [0.1, 0.15) is 54.4 Å². The molecular formula is C32H32Cl2Zr-2. The molecule has 0 unspecified atom stereocenters. The maximum Gasteiger partial charge on any atom is -0.0253 e. The molecule has 4 aromatic carbocycles. The Morgan fingerprint density at radius 3 is 2.03 bits per heavy atom. The predicted molar refractivity (Wildman–Crippen MR) is 139 cm³/mol. The van der Waals surface area contributed by atoms with Crippen molar-refractivity contribution in [2.75, 3.05) is 0 Å². The van der Waals surface area contributed by atoms with E-state index in [9.17, 15) is 0 Å². The summed E-state index contributed by atoms with van der Waals surface area (Å²) >= 11 is 1.69. The number of fused-ring (bicyclic) bond motifs is 3. The molecule has 0 atom stereocenters. The van der Waals surface area contributed by atoms with E-state index < -0.39 is 0 Å². The fourth-order valence-electron chi connectivity index (χ4n) is 4.71. The Labute approximate surface area is 238 Å². The zero-order chi connectivity index (χ0) is 23.0. The second kappa shape index (κ2) is 14.8. The Morgan fingerprint density at radius 2 is 1.40 bits per heavy atom. The van der Waals surface area contributed by atoms with E-state index in [0.717, 1.165) is 6.42 Å². The molecule has 0 aromatic heterocycles. The fourth-order valence-corrected chi connectivity index (χ4v) is 5.58. The van der Waals surface area contributed by atoms with Gasteiger partial charge in [-0.1, -0.05) is 85.1 Å². The number of benzene rings is 3. The molecule has 3 heteroatoms. The summed E-state index contributed by atoms with van der Waals surface area (Å²) in [6.45, 7) is 4.30. The Hall–Kier alpha value is -1.66. The average Bonchev–Trinajstić information content (AvgIpc) is 3.40. The van der Waals surface area contributed by atoms with Crippen molar-refractivity contribution in [3.05, 3.63) is 113 Å². The third-order valence-electron chi connectivity index (χ3n) is 6.40. The van der Waals surface area contributed by atoms with Crippen LogP contribution in [0.5, 0.6) is 0 Å². The van der Waals surface area contributed by atoms with E-state index in [1.165, 1.54) is 76.6 Å². The maximum absolute atomic E-state index is 3.30. The van der Waals surface area contributed by atoms with E-state index in [4.69, 9.17) is 0 Å². The number of aryl methyl sites for hydroxylation is 2. The van der Waals surface area contributed by atoms with Crippen LogP contribution in [-0.2, 0) is 30.7 Å². The molecule has 0 N–H and O–H groups in total. The Balaban J connectivity index is 0.000000188. The first-order valence-corrected chi connectivity index (χ1v) is 13.3. The summed E-state index contributed by atoms with van der Waals surface area (Å²) in [5.41, 5.74) is 10.9. The normalized spacial score (nSPS) is 13.0. The van der Waals surface area contributed by atoms with Crippen LogP contribution in [-0.4, -0.2) is 3.21 Å². The molecule has 0 heterocycles. The summed E-state index contributed by atoms with van der Waals surface area (Å²) in [6.07, 6.45) is 8.36. The van der Waals surface area contributed by atoms with Crippen molar-refractivity contribution in [3.8, 4) is 22.3 Å². The van der Waals surface area contributed by atoms with Crippen molar-refractivity contribution >= 4 is 3.21 Å². The first-order valence-electron chi connectivity index (χ1n) is 12.1. The summed E-state index contributed by atoms with van der Waals surface area (Å²) in [5, 5.41) is 0.